The lowest BCUT2D eigenvalue weighted by molar-refractivity contribution is -0.160. The number of cyclic esters (lactones) is 1. The lowest BCUT2D eigenvalue weighted by atomic mass is 10.0. The van der Waals surface area contributed by atoms with Crippen molar-refractivity contribution >= 4 is 57.7 Å². The van der Waals surface area contributed by atoms with Crippen molar-refractivity contribution in [1.29, 1.82) is 0 Å². The molecule has 3 aliphatic heterocycles. The van der Waals surface area contributed by atoms with Crippen LogP contribution in [0.4, 0.5) is 5.13 Å². The summed E-state index contributed by atoms with van der Waals surface area (Å²) in [6, 6.07) is -0.887. The quantitative estimate of drug-likeness (QED) is 0.237. The number of nitrogens with one attached hydrogen (secondary N) is 1. The minimum Gasteiger partial charge on any atom is -0.457 e. The van der Waals surface area contributed by atoms with Gasteiger partial charge in [-0.05, 0) is 27.7 Å². The number of nitrogen functional groups attached to an aromatic ring is 1. The number of hydrogen-bond donors (Lipinski definition) is 2. The van der Waals surface area contributed by atoms with Crippen LogP contribution in [0.3, 0.4) is 0 Å². The molecule has 3 N–H and O–H groups in total. The van der Waals surface area contributed by atoms with Gasteiger partial charge in [-0.1, -0.05) is 5.16 Å². The number of thioether (sulfide) groups is 1. The van der Waals surface area contributed by atoms with Crippen molar-refractivity contribution in [3.63, 3.8) is 0 Å². The maximum absolute atomic E-state index is 13.0. The minimum atomic E-state index is -0.887. The van der Waals surface area contributed by atoms with E-state index >= 15 is 0 Å². The highest BCUT2D eigenvalue weighted by atomic mass is 32.2. The number of amides is 2. The molecule has 0 aromatic carbocycles. The molecular weight excluding hydrogens is 486 g/mol. The molecule has 14 heteroatoms. The molecule has 0 saturated carbocycles. The number of esters is 2. The number of anilines is 1. The van der Waals surface area contributed by atoms with Crippen LogP contribution in [-0.2, 0) is 33.5 Å². The van der Waals surface area contributed by atoms with Crippen LogP contribution in [0.25, 0.3) is 0 Å². The standard InChI is InChI=1S/C20H23N5O7S2/c1-8-9-6-33-17-13(16(28)25(17)14(9)18(29)31-8)23-15(27)12(10-7-34-19(21)22-10)24-30-5-11(26)32-20(2,3)4/h7-8,13,17H,5-6H2,1-4H3,(H2,21,22)(H,23,27)/b24-12-/t8?,13-,17-/m1/s1. The number of nitrogens with two attached hydrogens (primary N) is 1. The molecule has 3 aliphatic rings. The van der Waals surface area contributed by atoms with Crippen LogP contribution >= 0.6 is 23.1 Å². The highest BCUT2D eigenvalue weighted by Crippen LogP contribution is 2.44. The zero-order chi connectivity index (χ0) is 24.8. The van der Waals surface area contributed by atoms with Crippen molar-refractivity contribution in [3.05, 3.63) is 22.3 Å². The van der Waals surface area contributed by atoms with Crippen LogP contribution in [0.2, 0.25) is 0 Å². The van der Waals surface area contributed by atoms with Gasteiger partial charge in [0.2, 0.25) is 6.61 Å². The number of nitrogens with zero attached hydrogens (tertiary/aromatic N) is 3. The molecule has 12 nitrogen and oxygen atoms in total. The number of β-lactam (4-membered cyclic amide) rings is 1. The van der Waals surface area contributed by atoms with E-state index < -0.39 is 47.4 Å². The van der Waals surface area contributed by atoms with Gasteiger partial charge >= 0.3 is 11.9 Å². The zero-order valence-corrected chi connectivity index (χ0v) is 20.4. The van der Waals surface area contributed by atoms with Gasteiger partial charge in [0, 0.05) is 16.7 Å². The first-order valence-corrected chi connectivity index (χ1v) is 12.2. The summed E-state index contributed by atoms with van der Waals surface area (Å²) in [5, 5.41) is 7.64. The summed E-state index contributed by atoms with van der Waals surface area (Å²) in [5.74, 6) is -1.88. The molecule has 0 spiro atoms. The maximum Gasteiger partial charge on any atom is 0.355 e. The molecule has 4 rings (SSSR count). The molecule has 1 aromatic heterocycles. The van der Waals surface area contributed by atoms with Crippen molar-refractivity contribution in [2.45, 2.75) is 50.8 Å². The Morgan fingerprint density at radius 2 is 2.12 bits per heavy atom. The molecule has 3 atom stereocenters. The zero-order valence-electron chi connectivity index (χ0n) is 18.8. The molecule has 0 radical (unpaired) electrons. The van der Waals surface area contributed by atoms with Crippen molar-refractivity contribution in [2.75, 3.05) is 18.1 Å². The maximum atomic E-state index is 13.0. The van der Waals surface area contributed by atoms with Gasteiger partial charge < -0.3 is 25.4 Å². The summed E-state index contributed by atoms with van der Waals surface area (Å²) in [5.41, 5.74) is 5.87. The van der Waals surface area contributed by atoms with E-state index in [-0.39, 0.29) is 28.3 Å². The van der Waals surface area contributed by atoms with Crippen LogP contribution in [-0.4, -0.2) is 74.8 Å². The molecule has 4 heterocycles. The number of oxime groups is 1. The van der Waals surface area contributed by atoms with Crippen LogP contribution in [0.5, 0.6) is 0 Å². The Balaban J connectivity index is 1.47. The van der Waals surface area contributed by atoms with Gasteiger partial charge in [-0.25, -0.2) is 14.6 Å². The van der Waals surface area contributed by atoms with Crippen LogP contribution in [0.15, 0.2) is 21.8 Å². The van der Waals surface area contributed by atoms with Gasteiger partial charge in [-0.2, -0.15) is 0 Å². The van der Waals surface area contributed by atoms with Crippen LogP contribution < -0.4 is 11.1 Å². The second-order valence-corrected chi connectivity index (χ2v) is 10.6. The molecule has 0 bridgehead atoms. The number of aromatic nitrogens is 1. The van der Waals surface area contributed by atoms with E-state index in [9.17, 15) is 19.2 Å². The molecule has 34 heavy (non-hydrogen) atoms. The second kappa shape index (κ2) is 8.91. The first-order valence-electron chi connectivity index (χ1n) is 10.3. The first kappa shape index (κ1) is 24.0. The summed E-state index contributed by atoms with van der Waals surface area (Å²) in [6.07, 6.45) is -0.381. The average Bonchev–Trinajstić information content (AvgIpc) is 3.29. The number of ether oxygens (including phenoxy) is 2. The summed E-state index contributed by atoms with van der Waals surface area (Å²) in [6.45, 7) is 6.35. The van der Waals surface area contributed by atoms with Gasteiger partial charge in [0.05, 0.1) is 0 Å². The molecule has 1 fully saturated rings. The second-order valence-electron chi connectivity index (χ2n) is 8.65. The molecule has 182 valence electrons. The van der Waals surface area contributed by atoms with E-state index in [2.05, 4.69) is 15.5 Å². The largest absolute Gasteiger partial charge is 0.457 e. The number of rotatable bonds is 6. The lowest BCUT2D eigenvalue weighted by Crippen LogP contribution is -2.70. The number of thiazole rings is 1. The van der Waals surface area contributed by atoms with E-state index in [1.54, 1.807) is 27.7 Å². The predicted molar refractivity (Wildman–Crippen MR) is 122 cm³/mol. The lowest BCUT2D eigenvalue weighted by Gasteiger charge is -2.48. The van der Waals surface area contributed by atoms with E-state index in [0.717, 1.165) is 16.9 Å². The van der Waals surface area contributed by atoms with Crippen molar-refractivity contribution in [3.8, 4) is 0 Å². The van der Waals surface area contributed by atoms with Crippen LogP contribution in [0.1, 0.15) is 33.4 Å². The normalized spacial score (nSPS) is 24.2. The average molecular weight is 510 g/mol. The van der Waals surface area contributed by atoms with Gasteiger partial charge in [-0.3, -0.25) is 14.5 Å². The molecule has 1 saturated heterocycles. The van der Waals surface area contributed by atoms with Crippen molar-refractivity contribution < 1.29 is 33.5 Å². The Morgan fingerprint density at radius 1 is 1.38 bits per heavy atom. The van der Waals surface area contributed by atoms with E-state index in [1.165, 1.54) is 22.0 Å². The molecule has 1 unspecified atom stereocenters. The molecule has 0 aliphatic carbocycles. The highest BCUT2D eigenvalue weighted by molar-refractivity contribution is 8.00. The van der Waals surface area contributed by atoms with Crippen LogP contribution in [0, 0.1) is 0 Å². The topological polar surface area (TPSA) is 163 Å². The van der Waals surface area contributed by atoms with Gasteiger partial charge in [0.15, 0.2) is 10.8 Å². The number of fused-ring (bicyclic) bond motifs is 2. The third kappa shape index (κ3) is 4.59. The van der Waals surface area contributed by atoms with Gasteiger partial charge in [-0.15, -0.1) is 23.1 Å². The summed E-state index contributed by atoms with van der Waals surface area (Å²) in [7, 11) is 0. The molecule has 2 amide bonds. The molecular formula is C20H23N5O7S2. The third-order valence-corrected chi connectivity index (χ3v) is 6.97. The minimum absolute atomic E-state index is 0.127. The predicted octanol–water partition coefficient (Wildman–Crippen LogP) is 0.387. The Labute approximate surface area is 202 Å². The summed E-state index contributed by atoms with van der Waals surface area (Å²) < 4.78 is 10.4. The fourth-order valence-corrected chi connectivity index (χ4v) is 5.57. The number of carbonyl (C=O) groups excluding carboxylic acids is 4. The van der Waals surface area contributed by atoms with Gasteiger partial charge in [0.1, 0.15) is 34.5 Å². The summed E-state index contributed by atoms with van der Waals surface area (Å²) in [4.78, 5) is 60.3. The Morgan fingerprint density at radius 3 is 2.76 bits per heavy atom. The summed E-state index contributed by atoms with van der Waals surface area (Å²) >= 11 is 2.51. The Kier molecular flexibility index (Phi) is 6.29. The van der Waals surface area contributed by atoms with E-state index in [4.69, 9.17) is 20.0 Å². The number of hydrogen-bond acceptors (Lipinski definition) is 12. The first-order chi connectivity index (χ1) is 16.0. The highest BCUT2D eigenvalue weighted by Gasteiger charge is 2.57. The van der Waals surface area contributed by atoms with Crippen molar-refractivity contribution in [1.82, 2.24) is 15.2 Å². The van der Waals surface area contributed by atoms with E-state index in [0.29, 0.717) is 5.75 Å². The van der Waals surface area contributed by atoms with E-state index in [1.807, 2.05) is 0 Å². The van der Waals surface area contributed by atoms with Crippen molar-refractivity contribution in [2.24, 2.45) is 5.16 Å². The fourth-order valence-electron chi connectivity index (χ4n) is 3.56. The van der Waals surface area contributed by atoms with Gasteiger partial charge in [0.25, 0.3) is 11.8 Å². The Bertz CT molecular complexity index is 1120. The monoisotopic (exact) mass is 509 g/mol. The Hall–Kier alpha value is -3.13. The third-order valence-electron chi connectivity index (χ3n) is 4.99. The molecule has 1 aromatic rings. The fraction of sp³-hybridized carbons (Fsp3) is 0.500. The number of carbonyl (C=O) groups is 4. The SMILES string of the molecule is CC1OC(=O)C2=C1CS[C@@H]1[C@H](NC(=O)/C(=N\OCC(=O)OC(C)(C)C)c3csc(N)n3)C(=O)N21. The smallest absolute Gasteiger partial charge is 0.355 e.